The van der Waals surface area contributed by atoms with E-state index >= 15 is 0 Å². The Morgan fingerprint density at radius 2 is 2.09 bits per heavy atom. The summed E-state index contributed by atoms with van der Waals surface area (Å²) in [6, 6.07) is 1.87. The smallest absolute Gasteiger partial charge is 0.259 e. The van der Waals surface area contributed by atoms with E-state index in [1.54, 1.807) is 10.7 Å². The molecular formula is C16H23N5O2. The number of nitrogens with zero attached hydrogens (tertiary/aromatic N) is 5. The zero-order chi connectivity index (χ0) is 16.4. The first kappa shape index (κ1) is 15.9. The third kappa shape index (κ3) is 3.35. The van der Waals surface area contributed by atoms with Gasteiger partial charge in [-0.2, -0.15) is 5.10 Å². The van der Waals surface area contributed by atoms with E-state index in [-0.39, 0.29) is 12.0 Å². The Morgan fingerprint density at radius 1 is 1.35 bits per heavy atom. The van der Waals surface area contributed by atoms with E-state index in [4.69, 9.17) is 0 Å². The van der Waals surface area contributed by atoms with Gasteiger partial charge in [0.15, 0.2) is 5.65 Å². The first-order valence-electron chi connectivity index (χ1n) is 8.09. The van der Waals surface area contributed by atoms with Crippen LogP contribution in [-0.2, 0) is 0 Å². The number of aliphatic hydroxyl groups is 1. The predicted molar refractivity (Wildman–Crippen MR) is 86.4 cm³/mol. The van der Waals surface area contributed by atoms with Gasteiger partial charge in [0.05, 0.1) is 12.3 Å². The Labute approximate surface area is 135 Å². The first-order chi connectivity index (χ1) is 11.1. The van der Waals surface area contributed by atoms with Gasteiger partial charge in [-0.1, -0.05) is 6.92 Å². The number of β-amino-alcohol motifs (C(OH)–C–C–N with tert-alkyl or cyclic N) is 1. The van der Waals surface area contributed by atoms with Crippen LogP contribution in [-0.4, -0.2) is 74.2 Å². The normalized spacial score (nSPS) is 17.6. The molecule has 0 aliphatic carbocycles. The lowest BCUT2D eigenvalue weighted by molar-refractivity contribution is 0.0525. The van der Waals surface area contributed by atoms with Gasteiger partial charge in [-0.05, 0) is 19.4 Å². The van der Waals surface area contributed by atoms with Crippen molar-refractivity contribution in [2.24, 2.45) is 0 Å². The number of carbonyl (C=O) groups is 1. The summed E-state index contributed by atoms with van der Waals surface area (Å²) in [6.45, 7) is 7.46. The second kappa shape index (κ2) is 6.64. The van der Waals surface area contributed by atoms with Gasteiger partial charge in [0.2, 0.25) is 0 Å². The van der Waals surface area contributed by atoms with E-state index in [0.29, 0.717) is 30.8 Å². The number of aliphatic hydroxyl groups excluding tert-OH is 1. The van der Waals surface area contributed by atoms with Crippen molar-refractivity contribution in [3.63, 3.8) is 0 Å². The summed E-state index contributed by atoms with van der Waals surface area (Å²) in [4.78, 5) is 21.2. The maximum atomic E-state index is 12.7. The average Bonchev–Trinajstić information content (AvgIpc) is 2.97. The number of hydrogen-bond acceptors (Lipinski definition) is 5. The summed E-state index contributed by atoms with van der Waals surface area (Å²) in [5.74, 6) is -0.0196. The molecule has 1 saturated heterocycles. The summed E-state index contributed by atoms with van der Waals surface area (Å²) in [6.07, 6.45) is 3.88. The number of aromatic nitrogens is 3. The van der Waals surface area contributed by atoms with Crippen molar-refractivity contribution in [3.05, 3.63) is 29.7 Å². The summed E-state index contributed by atoms with van der Waals surface area (Å²) in [5, 5.41) is 13.9. The zero-order valence-electron chi connectivity index (χ0n) is 13.6. The van der Waals surface area contributed by atoms with Gasteiger partial charge in [0.1, 0.15) is 5.56 Å². The van der Waals surface area contributed by atoms with Gasteiger partial charge in [0.25, 0.3) is 5.91 Å². The Bertz CT molecular complexity index is 691. The summed E-state index contributed by atoms with van der Waals surface area (Å²) in [7, 11) is 0. The van der Waals surface area contributed by atoms with Crippen LogP contribution in [0.1, 0.15) is 29.4 Å². The summed E-state index contributed by atoms with van der Waals surface area (Å²) in [5.41, 5.74) is 2.03. The van der Waals surface area contributed by atoms with Gasteiger partial charge in [0, 0.05) is 44.6 Å². The Morgan fingerprint density at radius 3 is 2.78 bits per heavy atom. The van der Waals surface area contributed by atoms with E-state index in [2.05, 4.69) is 15.0 Å². The highest BCUT2D eigenvalue weighted by Gasteiger charge is 2.25. The molecule has 1 aliphatic rings. The fourth-order valence-corrected chi connectivity index (χ4v) is 2.84. The fourth-order valence-electron chi connectivity index (χ4n) is 2.84. The van der Waals surface area contributed by atoms with Crippen molar-refractivity contribution < 1.29 is 9.90 Å². The highest BCUT2D eigenvalue weighted by atomic mass is 16.3. The molecule has 1 atom stereocenters. The molecule has 0 spiro atoms. The van der Waals surface area contributed by atoms with E-state index in [1.807, 2.05) is 31.0 Å². The van der Waals surface area contributed by atoms with Crippen LogP contribution in [0.4, 0.5) is 0 Å². The molecule has 23 heavy (non-hydrogen) atoms. The van der Waals surface area contributed by atoms with Crippen LogP contribution in [0.15, 0.2) is 18.5 Å². The molecule has 1 aliphatic heterocycles. The third-order valence-electron chi connectivity index (χ3n) is 4.34. The number of hydrogen-bond donors (Lipinski definition) is 1. The second-order valence-electron chi connectivity index (χ2n) is 6.05. The molecule has 2 aromatic heterocycles. The first-order valence-corrected chi connectivity index (χ1v) is 8.09. The minimum atomic E-state index is -0.288. The molecule has 3 heterocycles. The van der Waals surface area contributed by atoms with E-state index in [1.165, 1.54) is 0 Å². The molecular weight excluding hydrogens is 294 g/mol. The fraction of sp³-hybridized carbons (Fsp3) is 0.562. The van der Waals surface area contributed by atoms with Crippen molar-refractivity contribution in [2.75, 3.05) is 32.7 Å². The molecule has 3 rings (SSSR count). The highest BCUT2D eigenvalue weighted by molar-refractivity contribution is 5.99. The van der Waals surface area contributed by atoms with Crippen LogP contribution < -0.4 is 0 Å². The zero-order valence-corrected chi connectivity index (χ0v) is 13.6. The lowest BCUT2D eigenvalue weighted by Gasteiger charge is -2.35. The molecule has 0 aromatic carbocycles. The molecule has 0 bridgehead atoms. The largest absolute Gasteiger partial charge is 0.392 e. The molecule has 2 aromatic rings. The molecule has 1 amide bonds. The third-order valence-corrected chi connectivity index (χ3v) is 4.34. The van der Waals surface area contributed by atoms with Gasteiger partial charge < -0.3 is 10.0 Å². The molecule has 0 saturated carbocycles. The average molecular weight is 317 g/mol. The Kier molecular flexibility index (Phi) is 4.58. The molecule has 7 nitrogen and oxygen atoms in total. The van der Waals surface area contributed by atoms with Gasteiger partial charge >= 0.3 is 0 Å². The molecule has 1 fully saturated rings. The predicted octanol–water partition coefficient (Wildman–Crippen LogP) is 0.566. The van der Waals surface area contributed by atoms with E-state index in [0.717, 1.165) is 25.2 Å². The van der Waals surface area contributed by atoms with Crippen molar-refractivity contribution in [1.82, 2.24) is 24.4 Å². The Hall–Kier alpha value is -1.99. The van der Waals surface area contributed by atoms with Crippen molar-refractivity contribution in [1.29, 1.82) is 0 Å². The maximum Gasteiger partial charge on any atom is 0.259 e. The van der Waals surface area contributed by atoms with Crippen LogP contribution in [0.25, 0.3) is 5.65 Å². The van der Waals surface area contributed by atoms with Gasteiger partial charge in [-0.15, -0.1) is 0 Å². The number of aryl methyl sites for hydroxylation is 1. The van der Waals surface area contributed by atoms with Gasteiger partial charge in [-0.3, -0.25) is 9.69 Å². The lowest BCUT2D eigenvalue weighted by Crippen LogP contribution is -2.50. The topological polar surface area (TPSA) is 74.0 Å². The maximum absolute atomic E-state index is 12.7. The quantitative estimate of drug-likeness (QED) is 0.892. The second-order valence-corrected chi connectivity index (χ2v) is 6.05. The SMILES string of the molecule is CC[C@H](O)CN1CCN(C(=O)c2cnn3ccc(C)nc23)CC1. The van der Waals surface area contributed by atoms with Crippen LogP contribution in [0.5, 0.6) is 0 Å². The van der Waals surface area contributed by atoms with Crippen molar-refractivity contribution in [3.8, 4) is 0 Å². The lowest BCUT2D eigenvalue weighted by atomic mass is 10.2. The summed E-state index contributed by atoms with van der Waals surface area (Å²) >= 11 is 0. The molecule has 7 heteroatoms. The Balaban J connectivity index is 1.68. The van der Waals surface area contributed by atoms with Crippen LogP contribution >= 0.6 is 0 Å². The number of piperazine rings is 1. The minimum absolute atomic E-state index is 0.0196. The molecule has 1 N–H and O–H groups in total. The number of amides is 1. The molecule has 0 unspecified atom stereocenters. The molecule has 0 radical (unpaired) electrons. The monoisotopic (exact) mass is 317 g/mol. The van der Waals surface area contributed by atoms with Crippen LogP contribution in [0.2, 0.25) is 0 Å². The van der Waals surface area contributed by atoms with Crippen LogP contribution in [0, 0.1) is 6.92 Å². The number of fused-ring (bicyclic) bond motifs is 1. The summed E-state index contributed by atoms with van der Waals surface area (Å²) < 4.78 is 1.63. The standard InChI is InChI=1S/C16H23N5O2/c1-3-13(22)11-19-6-8-20(9-7-19)16(23)14-10-17-21-5-4-12(2)18-15(14)21/h4-5,10,13,22H,3,6-9,11H2,1-2H3/t13-/m0/s1. The number of carbonyl (C=O) groups excluding carboxylic acids is 1. The number of rotatable bonds is 4. The van der Waals surface area contributed by atoms with E-state index in [9.17, 15) is 9.90 Å². The van der Waals surface area contributed by atoms with Crippen molar-refractivity contribution in [2.45, 2.75) is 26.4 Å². The van der Waals surface area contributed by atoms with Crippen LogP contribution in [0.3, 0.4) is 0 Å². The molecule has 124 valence electrons. The van der Waals surface area contributed by atoms with Gasteiger partial charge in [-0.25, -0.2) is 9.50 Å². The highest BCUT2D eigenvalue weighted by Crippen LogP contribution is 2.14. The van der Waals surface area contributed by atoms with E-state index < -0.39 is 0 Å². The van der Waals surface area contributed by atoms with Crippen molar-refractivity contribution >= 4 is 11.6 Å². The minimum Gasteiger partial charge on any atom is -0.392 e.